The Balaban J connectivity index is 2.01. The van der Waals surface area contributed by atoms with Crippen molar-refractivity contribution in [3.63, 3.8) is 0 Å². The highest BCUT2D eigenvalue weighted by molar-refractivity contribution is 9.10. The monoisotopic (exact) mass is 410 g/mol. The summed E-state index contributed by atoms with van der Waals surface area (Å²) >= 11 is 3.41. The number of sulfonamides is 1. The summed E-state index contributed by atoms with van der Waals surface area (Å²) in [6, 6.07) is 7.55. The van der Waals surface area contributed by atoms with Gasteiger partial charge >= 0.3 is 0 Å². The van der Waals surface area contributed by atoms with Gasteiger partial charge in [0.1, 0.15) is 10.7 Å². The van der Waals surface area contributed by atoms with Crippen molar-refractivity contribution in [3.8, 4) is 0 Å². The summed E-state index contributed by atoms with van der Waals surface area (Å²) in [5.41, 5.74) is 1.39. The number of hydrogen-bond donors (Lipinski definition) is 1. The first kappa shape index (κ1) is 17.7. The van der Waals surface area contributed by atoms with Gasteiger partial charge < -0.3 is 0 Å². The highest BCUT2D eigenvalue weighted by Crippen LogP contribution is 2.35. The van der Waals surface area contributed by atoms with Gasteiger partial charge in [-0.3, -0.25) is 9.71 Å². The predicted octanol–water partition coefficient (Wildman–Crippen LogP) is 4.34. The number of aliphatic imine (C=N–C) groups is 1. The molecular weight excluding hydrogens is 388 g/mol. The van der Waals surface area contributed by atoms with Gasteiger partial charge in [0.05, 0.1) is 6.04 Å². The predicted molar refractivity (Wildman–Crippen MR) is 102 cm³/mol. The molecule has 24 heavy (non-hydrogen) atoms. The summed E-state index contributed by atoms with van der Waals surface area (Å²) in [5.74, 6) is 1.61. The highest BCUT2D eigenvalue weighted by atomic mass is 79.9. The van der Waals surface area contributed by atoms with Crippen molar-refractivity contribution in [3.05, 3.63) is 39.9 Å². The second-order valence-electron chi connectivity index (χ2n) is 6.88. The lowest BCUT2D eigenvalue weighted by Crippen LogP contribution is -2.31. The average Bonchev–Trinajstić information content (AvgIpc) is 2.73. The zero-order chi connectivity index (χ0) is 17.5. The zero-order valence-corrected chi connectivity index (χ0v) is 16.6. The molecule has 3 atom stereocenters. The van der Waals surface area contributed by atoms with Gasteiger partial charge in [0.2, 0.25) is 0 Å². The summed E-state index contributed by atoms with van der Waals surface area (Å²) in [6.45, 7) is 6.31. The molecule has 1 heterocycles. The van der Waals surface area contributed by atoms with Crippen LogP contribution in [-0.4, -0.2) is 20.3 Å². The molecule has 3 rings (SSSR count). The van der Waals surface area contributed by atoms with Crippen molar-refractivity contribution in [2.24, 2.45) is 16.8 Å². The molecule has 6 heteroatoms. The lowest BCUT2D eigenvalue weighted by molar-refractivity contribution is 0.241. The van der Waals surface area contributed by atoms with E-state index < -0.39 is 10.0 Å². The molecule has 1 aliphatic carbocycles. The summed E-state index contributed by atoms with van der Waals surface area (Å²) in [7, 11) is -3.56. The van der Waals surface area contributed by atoms with Gasteiger partial charge in [-0.25, -0.2) is 8.42 Å². The Kier molecular flexibility index (Phi) is 4.89. The van der Waals surface area contributed by atoms with Crippen LogP contribution in [0.1, 0.15) is 45.6 Å². The molecule has 1 saturated carbocycles. The molecule has 0 amide bonds. The Morgan fingerprint density at radius 3 is 2.71 bits per heavy atom. The maximum Gasteiger partial charge on any atom is 0.264 e. The van der Waals surface area contributed by atoms with E-state index in [0.29, 0.717) is 33.7 Å². The van der Waals surface area contributed by atoms with Crippen LogP contribution in [0.15, 0.2) is 39.3 Å². The van der Waals surface area contributed by atoms with Crippen molar-refractivity contribution >= 4 is 36.7 Å². The fourth-order valence-electron chi connectivity index (χ4n) is 3.59. The highest BCUT2D eigenvalue weighted by Gasteiger charge is 2.34. The van der Waals surface area contributed by atoms with Gasteiger partial charge in [-0.1, -0.05) is 54.8 Å². The smallest absolute Gasteiger partial charge is 0.264 e. The van der Waals surface area contributed by atoms with Crippen LogP contribution in [0.4, 0.5) is 0 Å². The van der Waals surface area contributed by atoms with E-state index in [9.17, 15) is 8.42 Å². The molecule has 1 aromatic rings. The SMILES string of the molecule is CC1=C(c2cccc(Br)c2)S(=O)(=O)NC1=N[C@@H]1CCC[C@H](C)[C@@H]1C. The van der Waals surface area contributed by atoms with Crippen LogP contribution >= 0.6 is 15.9 Å². The number of benzene rings is 1. The molecule has 1 aliphatic heterocycles. The summed E-state index contributed by atoms with van der Waals surface area (Å²) in [5, 5.41) is 0. The van der Waals surface area contributed by atoms with E-state index in [1.807, 2.05) is 31.2 Å². The number of nitrogens with one attached hydrogen (secondary N) is 1. The lowest BCUT2D eigenvalue weighted by Gasteiger charge is -2.31. The number of amidine groups is 1. The molecule has 0 radical (unpaired) electrons. The third-order valence-electron chi connectivity index (χ3n) is 5.24. The van der Waals surface area contributed by atoms with Crippen LogP contribution in [-0.2, 0) is 10.0 Å². The number of nitrogens with zero attached hydrogens (tertiary/aromatic N) is 1. The van der Waals surface area contributed by atoms with E-state index in [-0.39, 0.29) is 6.04 Å². The van der Waals surface area contributed by atoms with Crippen molar-refractivity contribution in [2.45, 2.75) is 46.1 Å². The van der Waals surface area contributed by atoms with E-state index in [4.69, 9.17) is 4.99 Å². The summed E-state index contributed by atoms with van der Waals surface area (Å²) in [4.78, 5) is 5.13. The van der Waals surface area contributed by atoms with Crippen molar-refractivity contribution in [2.75, 3.05) is 0 Å². The molecule has 0 aromatic heterocycles. The third kappa shape index (κ3) is 3.31. The van der Waals surface area contributed by atoms with Gasteiger partial charge in [-0.2, -0.15) is 0 Å². The molecule has 2 aliphatic rings. The lowest BCUT2D eigenvalue weighted by atomic mass is 9.78. The quantitative estimate of drug-likeness (QED) is 0.787. The fraction of sp³-hybridized carbons (Fsp3) is 0.500. The van der Waals surface area contributed by atoms with Gasteiger partial charge in [0.15, 0.2) is 0 Å². The first-order valence-electron chi connectivity index (χ1n) is 8.37. The Morgan fingerprint density at radius 2 is 2.00 bits per heavy atom. The van der Waals surface area contributed by atoms with Crippen LogP contribution in [0, 0.1) is 11.8 Å². The molecule has 1 aromatic carbocycles. The molecule has 4 nitrogen and oxygen atoms in total. The minimum absolute atomic E-state index is 0.184. The molecule has 0 unspecified atom stereocenters. The maximum atomic E-state index is 12.6. The topological polar surface area (TPSA) is 58.5 Å². The summed E-state index contributed by atoms with van der Waals surface area (Å²) < 4.78 is 28.8. The van der Waals surface area contributed by atoms with Gasteiger partial charge in [-0.15, -0.1) is 0 Å². The minimum Gasteiger partial charge on any atom is -0.264 e. The summed E-state index contributed by atoms with van der Waals surface area (Å²) in [6.07, 6.45) is 3.41. The zero-order valence-electron chi connectivity index (χ0n) is 14.2. The van der Waals surface area contributed by atoms with E-state index in [1.165, 1.54) is 6.42 Å². The standard InChI is InChI=1S/C18H23BrN2O2S/c1-11-6-4-9-16(12(11)2)20-18-13(3)17(24(22,23)21-18)14-7-5-8-15(19)10-14/h5,7-8,10-12,16H,4,6,9H2,1-3H3,(H,20,21)/t11-,12-,16+/m0/s1. The van der Waals surface area contributed by atoms with Crippen LogP contribution in [0.5, 0.6) is 0 Å². The average molecular weight is 411 g/mol. The normalized spacial score (nSPS) is 31.3. The number of hydrogen-bond acceptors (Lipinski definition) is 3. The van der Waals surface area contributed by atoms with Crippen LogP contribution < -0.4 is 4.72 Å². The van der Waals surface area contributed by atoms with Crippen LogP contribution in [0.3, 0.4) is 0 Å². The molecular formula is C18H23BrN2O2S. The number of rotatable bonds is 2. The Hall–Kier alpha value is -1.14. The van der Waals surface area contributed by atoms with Gasteiger partial charge in [0, 0.05) is 10.0 Å². The Morgan fingerprint density at radius 1 is 1.25 bits per heavy atom. The van der Waals surface area contributed by atoms with E-state index >= 15 is 0 Å². The molecule has 1 fully saturated rings. The van der Waals surface area contributed by atoms with Gasteiger partial charge in [0.25, 0.3) is 10.0 Å². The molecule has 0 saturated heterocycles. The van der Waals surface area contributed by atoms with Crippen LogP contribution in [0.25, 0.3) is 4.91 Å². The largest absolute Gasteiger partial charge is 0.264 e. The maximum absolute atomic E-state index is 12.6. The van der Waals surface area contributed by atoms with E-state index in [0.717, 1.165) is 17.3 Å². The van der Waals surface area contributed by atoms with Crippen molar-refractivity contribution in [1.29, 1.82) is 0 Å². The third-order valence-corrected chi connectivity index (χ3v) is 7.28. The minimum atomic E-state index is -3.56. The van der Waals surface area contributed by atoms with E-state index in [2.05, 4.69) is 34.5 Å². The first-order chi connectivity index (χ1) is 11.3. The number of halogens is 1. The molecule has 0 bridgehead atoms. The molecule has 0 spiro atoms. The Labute approximate surface area is 152 Å². The van der Waals surface area contributed by atoms with Gasteiger partial charge in [-0.05, 0) is 42.9 Å². The molecule has 1 N–H and O–H groups in total. The van der Waals surface area contributed by atoms with Crippen LogP contribution in [0.2, 0.25) is 0 Å². The fourth-order valence-corrected chi connectivity index (χ4v) is 5.49. The first-order valence-corrected chi connectivity index (χ1v) is 10.6. The second-order valence-corrected chi connectivity index (χ2v) is 9.42. The van der Waals surface area contributed by atoms with Crippen molar-refractivity contribution in [1.82, 2.24) is 4.72 Å². The van der Waals surface area contributed by atoms with Crippen molar-refractivity contribution < 1.29 is 8.42 Å². The second kappa shape index (κ2) is 6.64. The van der Waals surface area contributed by atoms with E-state index in [1.54, 1.807) is 0 Å². The Bertz CT molecular complexity index is 814. The molecule has 130 valence electrons.